The predicted molar refractivity (Wildman–Crippen MR) is 147 cm³/mol. The van der Waals surface area contributed by atoms with Crippen LogP contribution < -0.4 is 21.7 Å². The number of hydrogen-bond acceptors (Lipinski definition) is 10. The number of anilines is 1. The van der Waals surface area contributed by atoms with E-state index in [2.05, 4.69) is 30.8 Å². The van der Waals surface area contributed by atoms with Gasteiger partial charge in [0.1, 0.15) is 5.03 Å². The van der Waals surface area contributed by atoms with Gasteiger partial charge in [0.15, 0.2) is 6.23 Å². The molecule has 0 spiro atoms. The molecule has 1 unspecified atom stereocenters. The first kappa shape index (κ1) is 28.6. The van der Waals surface area contributed by atoms with Crippen molar-refractivity contribution < 1.29 is 23.9 Å². The van der Waals surface area contributed by atoms with Gasteiger partial charge in [-0.15, -0.1) is 11.8 Å². The fourth-order valence-electron chi connectivity index (χ4n) is 4.41. The maximum atomic E-state index is 13.1. The third kappa shape index (κ3) is 8.28. The molecule has 2 aromatic rings. The van der Waals surface area contributed by atoms with Crippen molar-refractivity contribution in [3.63, 3.8) is 0 Å². The minimum atomic E-state index is -0.907. The number of carbonyl (C=O) groups is 3. The lowest BCUT2D eigenvalue weighted by Crippen LogP contribution is -2.45. The number of alkyl carbamates (subject to hydrolysis) is 1. The molecular weight excluding hydrogens is 522 g/mol. The first-order valence-corrected chi connectivity index (χ1v) is 14.0. The molecular formula is C26H35N7O5S. The average Bonchev–Trinajstić information content (AvgIpc) is 2.88. The number of morpholine rings is 1. The van der Waals surface area contributed by atoms with Crippen molar-refractivity contribution in [3.8, 4) is 11.3 Å². The Morgan fingerprint density at radius 1 is 1.18 bits per heavy atom. The third-order valence-corrected chi connectivity index (χ3v) is 7.37. The largest absolute Gasteiger partial charge is 0.425 e. The third-order valence-electron chi connectivity index (χ3n) is 6.46. The van der Waals surface area contributed by atoms with Crippen molar-refractivity contribution in [1.29, 1.82) is 0 Å². The Kier molecular flexibility index (Phi) is 9.96. The van der Waals surface area contributed by atoms with Crippen LogP contribution in [0.3, 0.4) is 0 Å². The van der Waals surface area contributed by atoms with Crippen LogP contribution in [0.4, 0.5) is 10.7 Å². The Morgan fingerprint density at radius 2 is 1.95 bits per heavy atom. The number of benzene rings is 1. The number of carbonyl (C=O) groups excluding carboxylic acids is 3. The van der Waals surface area contributed by atoms with Crippen LogP contribution in [0.5, 0.6) is 0 Å². The normalized spacial score (nSPS) is 19.1. The molecule has 1 fully saturated rings. The maximum Gasteiger partial charge on any atom is 0.409 e. The molecule has 1 atom stereocenters. The van der Waals surface area contributed by atoms with E-state index in [1.54, 1.807) is 12.1 Å². The van der Waals surface area contributed by atoms with E-state index in [9.17, 15) is 14.4 Å². The van der Waals surface area contributed by atoms with E-state index >= 15 is 0 Å². The molecule has 2 aliphatic heterocycles. The van der Waals surface area contributed by atoms with Crippen molar-refractivity contribution in [2.75, 3.05) is 57.4 Å². The highest BCUT2D eigenvalue weighted by Gasteiger charge is 2.20. The number of nitrogens with one attached hydrogen (secondary N) is 3. The Balaban J connectivity index is 1.45. The van der Waals surface area contributed by atoms with Crippen LogP contribution in [0.15, 0.2) is 23.2 Å². The molecule has 4 bridgehead atoms. The van der Waals surface area contributed by atoms with Crippen molar-refractivity contribution in [2.24, 2.45) is 0 Å². The van der Waals surface area contributed by atoms with E-state index in [0.717, 1.165) is 29.8 Å². The van der Waals surface area contributed by atoms with Crippen LogP contribution in [0.1, 0.15) is 34.3 Å². The highest BCUT2D eigenvalue weighted by Crippen LogP contribution is 2.29. The summed E-state index contributed by atoms with van der Waals surface area (Å²) in [5.41, 5.74) is 9.62. The van der Waals surface area contributed by atoms with E-state index < -0.39 is 12.3 Å². The van der Waals surface area contributed by atoms with Gasteiger partial charge in [-0.05, 0) is 37.1 Å². The summed E-state index contributed by atoms with van der Waals surface area (Å²) in [6.45, 7) is 8.08. The maximum absolute atomic E-state index is 13.1. The number of rotatable bonds is 4. The first-order chi connectivity index (χ1) is 18.8. The Hall–Kier alpha value is -3.42. The van der Waals surface area contributed by atoms with Crippen LogP contribution in [-0.4, -0.2) is 90.7 Å². The Bertz CT molecular complexity index is 1210. The van der Waals surface area contributed by atoms with Crippen LogP contribution in [0.25, 0.3) is 11.3 Å². The molecule has 0 radical (unpaired) electrons. The smallest absolute Gasteiger partial charge is 0.409 e. The second-order valence-corrected chi connectivity index (χ2v) is 10.5. The van der Waals surface area contributed by atoms with Gasteiger partial charge in [0.2, 0.25) is 11.9 Å². The molecule has 0 saturated carbocycles. The number of aromatic nitrogens is 2. The Labute approximate surface area is 231 Å². The molecule has 1 saturated heterocycles. The van der Waals surface area contributed by atoms with Gasteiger partial charge < -0.3 is 31.2 Å². The van der Waals surface area contributed by atoms with E-state index in [-0.39, 0.29) is 37.1 Å². The summed E-state index contributed by atoms with van der Waals surface area (Å²) in [6, 6.07) is 5.54. The van der Waals surface area contributed by atoms with Crippen molar-refractivity contribution in [3.05, 3.63) is 34.9 Å². The van der Waals surface area contributed by atoms with Gasteiger partial charge in [-0.1, -0.05) is 6.07 Å². The molecule has 3 heterocycles. The van der Waals surface area contributed by atoms with Crippen LogP contribution >= 0.6 is 11.8 Å². The van der Waals surface area contributed by atoms with Gasteiger partial charge in [0, 0.05) is 62.4 Å². The summed E-state index contributed by atoms with van der Waals surface area (Å²) in [7, 11) is 0. The number of nitrogens with two attached hydrogens (primary N) is 1. The van der Waals surface area contributed by atoms with E-state index in [1.807, 2.05) is 19.9 Å². The van der Waals surface area contributed by atoms with Crippen molar-refractivity contribution in [2.45, 2.75) is 37.9 Å². The molecule has 1 aromatic carbocycles. The topological polar surface area (TPSA) is 161 Å². The van der Waals surface area contributed by atoms with Gasteiger partial charge >= 0.3 is 6.09 Å². The molecule has 1 aromatic heterocycles. The fraction of sp³-hybridized carbons (Fsp3) is 0.500. The number of ether oxygens (including phenoxy) is 2. The lowest BCUT2D eigenvalue weighted by Gasteiger charge is -2.26. The minimum Gasteiger partial charge on any atom is -0.425 e. The molecule has 39 heavy (non-hydrogen) atoms. The number of amides is 3. The molecule has 210 valence electrons. The number of thioether (sulfide) groups is 1. The van der Waals surface area contributed by atoms with Crippen LogP contribution in [0.2, 0.25) is 0 Å². The highest BCUT2D eigenvalue weighted by molar-refractivity contribution is 7.99. The van der Waals surface area contributed by atoms with Gasteiger partial charge in [0.05, 0.1) is 18.9 Å². The number of fused-ring (bicyclic) bond motifs is 5. The first-order valence-electron chi connectivity index (χ1n) is 13.0. The van der Waals surface area contributed by atoms with Crippen molar-refractivity contribution >= 4 is 35.6 Å². The van der Waals surface area contributed by atoms with E-state index in [0.29, 0.717) is 48.3 Å². The number of nitrogens with zero attached hydrogens (tertiary/aromatic N) is 3. The summed E-state index contributed by atoms with van der Waals surface area (Å²) in [5.74, 6) is -0.0157. The lowest BCUT2D eigenvalue weighted by molar-refractivity contribution is -0.123. The minimum absolute atomic E-state index is 0.111. The molecule has 5 N–H and O–H groups in total. The van der Waals surface area contributed by atoms with Gasteiger partial charge in [-0.3, -0.25) is 14.5 Å². The Morgan fingerprint density at radius 3 is 2.74 bits per heavy atom. The zero-order chi connectivity index (χ0) is 27.8. The summed E-state index contributed by atoms with van der Waals surface area (Å²) >= 11 is 1.37. The van der Waals surface area contributed by atoms with Crippen molar-refractivity contribution in [1.82, 2.24) is 30.8 Å². The van der Waals surface area contributed by atoms with E-state index in [1.165, 1.54) is 11.8 Å². The fourth-order valence-corrected chi connectivity index (χ4v) is 5.26. The molecule has 12 nitrogen and oxygen atoms in total. The number of aryl methyl sites for hydroxylation is 2. The molecule has 4 rings (SSSR count). The van der Waals surface area contributed by atoms with Gasteiger partial charge in [-0.2, -0.15) is 0 Å². The van der Waals surface area contributed by atoms with Crippen LogP contribution in [0, 0.1) is 13.8 Å². The number of hydrogen-bond donors (Lipinski definition) is 4. The summed E-state index contributed by atoms with van der Waals surface area (Å²) in [5, 5.41) is 8.99. The van der Waals surface area contributed by atoms with Gasteiger partial charge in [-0.25, -0.2) is 14.8 Å². The zero-order valence-electron chi connectivity index (χ0n) is 22.2. The lowest BCUT2D eigenvalue weighted by atomic mass is 9.97. The second kappa shape index (κ2) is 13.6. The second-order valence-electron chi connectivity index (χ2n) is 9.42. The monoisotopic (exact) mass is 557 g/mol. The standard InChI is InChI=1S/C26H35N7O5S/c1-16-13-17(2)19-14-18(16)20-15-23(32-25(27)30-20)39-12-4-21(34)31-22(3-5-28-24(19)35)38-26(36)29-6-7-33-8-10-37-11-9-33/h13-15,22H,3-12H2,1-2H3,(H,28,35)(H,29,36)(H,31,34)(H2,27,30,32). The predicted octanol–water partition coefficient (Wildman–Crippen LogP) is 1.46. The van der Waals surface area contributed by atoms with Gasteiger partial charge in [0.25, 0.3) is 5.91 Å². The molecule has 2 aliphatic rings. The molecule has 13 heteroatoms. The quantitative estimate of drug-likeness (QED) is 0.405. The summed E-state index contributed by atoms with van der Waals surface area (Å²) in [6.07, 6.45) is -1.16. The van der Waals surface area contributed by atoms with E-state index in [4.69, 9.17) is 15.2 Å². The molecule has 0 aliphatic carbocycles. The molecule has 3 amide bonds. The SMILES string of the molecule is Cc1cc(C)c2cc1C(=O)NCCC(OC(=O)NCCN1CCOCC1)NC(=O)CCSc1cc-2nc(N)n1. The highest BCUT2D eigenvalue weighted by atomic mass is 32.2. The zero-order valence-corrected chi connectivity index (χ0v) is 23.1. The number of nitrogen functional groups attached to an aromatic ring is 1. The summed E-state index contributed by atoms with van der Waals surface area (Å²) < 4.78 is 10.8. The van der Waals surface area contributed by atoms with Crippen LogP contribution in [-0.2, 0) is 14.3 Å². The average molecular weight is 558 g/mol. The summed E-state index contributed by atoms with van der Waals surface area (Å²) in [4.78, 5) is 49.1.